The first-order valence-corrected chi connectivity index (χ1v) is 11.0. The quantitative estimate of drug-likeness (QED) is 0.446. The van der Waals surface area contributed by atoms with Gasteiger partial charge in [0.15, 0.2) is 0 Å². The van der Waals surface area contributed by atoms with Crippen molar-refractivity contribution in [2.24, 2.45) is 0 Å². The molecule has 1 unspecified atom stereocenters. The van der Waals surface area contributed by atoms with Gasteiger partial charge in [0.25, 0.3) is 0 Å². The van der Waals surface area contributed by atoms with Crippen molar-refractivity contribution in [3.8, 4) is 0 Å². The van der Waals surface area contributed by atoms with Gasteiger partial charge in [-0.2, -0.15) is 0 Å². The van der Waals surface area contributed by atoms with E-state index in [1.807, 2.05) is 0 Å². The van der Waals surface area contributed by atoms with Crippen LogP contribution in [0.3, 0.4) is 0 Å². The third-order valence-corrected chi connectivity index (χ3v) is 0. The van der Waals surface area contributed by atoms with Gasteiger partial charge in [0.05, 0.1) is 56.3 Å². The van der Waals surface area contributed by atoms with E-state index in [0.717, 1.165) is 0 Å². The van der Waals surface area contributed by atoms with Crippen LogP contribution >= 0.6 is 0 Å². The molecular weight excluding hydrogens is 279 g/mol. The molecule has 0 aliphatic carbocycles. The minimum atomic E-state index is 0. The van der Waals surface area contributed by atoms with Gasteiger partial charge in [0.2, 0.25) is 0 Å². The molecule has 86 valence electrons. The van der Waals surface area contributed by atoms with Crippen molar-refractivity contribution in [2.45, 2.75) is 0 Å². The maximum absolute atomic E-state index is 2.19. The SMILES string of the molecule is C[S+](C)C.C[S+](C)C.C[S+](C)C.[AsH3]. The van der Waals surface area contributed by atoms with Crippen molar-refractivity contribution in [3.63, 3.8) is 0 Å². The molecule has 13 heavy (non-hydrogen) atoms. The van der Waals surface area contributed by atoms with Crippen molar-refractivity contribution in [2.75, 3.05) is 56.3 Å². The van der Waals surface area contributed by atoms with Gasteiger partial charge in [0, 0.05) is 0 Å². The second kappa shape index (κ2) is 19.2. The number of hydrogen-bond acceptors (Lipinski definition) is 0. The molecule has 0 aliphatic rings. The summed E-state index contributed by atoms with van der Waals surface area (Å²) in [6.07, 6.45) is 19.8. The summed E-state index contributed by atoms with van der Waals surface area (Å²) in [5.41, 5.74) is 0. The zero-order valence-electron chi connectivity index (χ0n) is 10.9. The van der Waals surface area contributed by atoms with Crippen molar-refractivity contribution in [1.82, 2.24) is 0 Å². The minimum absolute atomic E-state index is 0. The van der Waals surface area contributed by atoms with Crippen molar-refractivity contribution < 1.29 is 0 Å². The van der Waals surface area contributed by atoms with Crippen LogP contribution in [-0.4, -0.2) is 74.3 Å². The van der Waals surface area contributed by atoms with E-state index in [1.165, 1.54) is 0 Å². The number of rotatable bonds is 0. The molecule has 1 atom stereocenters. The molecule has 0 fully saturated rings. The van der Waals surface area contributed by atoms with Gasteiger partial charge in [-0.25, -0.2) is 0 Å². The maximum atomic E-state index is 2.19. The fourth-order valence-corrected chi connectivity index (χ4v) is 0. The Morgan fingerprint density at radius 3 is 0.385 bits per heavy atom. The Bertz CT molecular complexity index is 43.4. The molecule has 0 rings (SSSR count). The summed E-state index contributed by atoms with van der Waals surface area (Å²) >= 11 is 0. The Kier molecular flexibility index (Phi) is 35.5. The van der Waals surface area contributed by atoms with Crippen LogP contribution in [-0.2, 0) is 32.7 Å². The summed E-state index contributed by atoms with van der Waals surface area (Å²) in [4.78, 5) is 0. The average molecular weight is 309 g/mol. The van der Waals surface area contributed by atoms with Crippen LogP contribution in [0.15, 0.2) is 0 Å². The Morgan fingerprint density at radius 2 is 0.385 bits per heavy atom. The predicted molar refractivity (Wildman–Crippen MR) is 85.4 cm³/mol. The van der Waals surface area contributed by atoms with Gasteiger partial charge in [-0.1, -0.05) is 0 Å². The van der Waals surface area contributed by atoms with E-state index < -0.39 is 0 Å². The second-order valence-electron chi connectivity index (χ2n) is 3.67. The molecule has 0 nitrogen and oxygen atoms in total. The second-order valence-corrected chi connectivity index (χ2v) is 11.0. The third kappa shape index (κ3) is 709. The van der Waals surface area contributed by atoms with Crippen LogP contribution in [0.2, 0.25) is 0 Å². The number of hydrogen-bond donors (Lipinski definition) is 0. The Labute approximate surface area is 106 Å². The van der Waals surface area contributed by atoms with Crippen LogP contribution in [0, 0.1) is 0 Å². The predicted octanol–water partition coefficient (Wildman–Crippen LogP) is 0.298. The molecule has 0 bridgehead atoms. The van der Waals surface area contributed by atoms with Crippen LogP contribution in [0.1, 0.15) is 0 Å². The molecule has 0 aliphatic heterocycles. The van der Waals surface area contributed by atoms with Crippen LogP contribution in [0.4, 0.5) is 0 Å². The molecule has 0 heterocycles. The van der Waals surface area contributed by atoms with E-state index in [9.17, 15) is 0 Å². The summed E-state index contributed by atoms with van der Waals surface area (Å²) in [6, 6.07) is 0. The van der Waals surface area contributed by atoms with Crippen LogP contribution < -0.4 is 0 Å². The van der Waals surface area contributed by atoms with E-state index in [2.05, 4.69) is 56.3 Å². The van der Waals surface area contributed by atoms with Crippen LogP contribution in [0.5, 0.6) is 0 Å². The topological polar surface area (TPSA) is 0 Å². The zero-order chi connectivity index (χ0) is 10.7. The summed E-state index contributed by atoms with van der Waals surface area (Å²) < 4.78 is 0. The van der Waals surface area contributed by atoms with E-state index in [1.54, 1.807) is 0 Å². The average Bonchev–Trinajstić information content (AvgIpc) is 1.54. The fourth-order valence-electron chi connectivity index (χ4n) is 0. The first-order valence-electron chi connectivity index (χ1n) is 3.67. The molecule has 0 radical (unpaired) electrons. The van der Waals surface area contributed by atoms with E-state index in [-0.39, 0.29) is 18.0 Å². The van der Waals surface area contributed by atoms with E-state index in [0.29, 0.717) is 32.7 Å². The first-order chi connectivity index (χ1) is 5.20. The molecule has 4 heteroatoms. The molecule has 0 saturated carbocycles. The van der Waals surface area contributed by atoms with Crippen molar-refractivity contribution in [3.05, 3.63) is 0 Å². The normalized spacial score (nSPS) is 8.31. The van der Waals surface area contributed by atoms with Gasteiger partial charge in [0.1, 0.15) is 0 Å². The monoisotopic (exact) mass is 309 g/mol. The molecule has 0 N–H and O–H groups in total. The van der Waals surface area contributed by atoms with Crippen LogP contribution in [0.25, 0.3) is 0 Å². The Balaban J connectivity index is -0.0000000450. The Morgan fingerprint density at radius 1 is 0.385 bits per heavy atom. The molecule has 0 spiro atoms. The molecule has 0 saturated heterocycles. The molecule has 0 aromatic carbocycles. The summed E-state index contributed by atoms with van der Waals surface area (Å²) in [7, 11) is 1.92. The molecular formula is C9H30AsS3+3. The Hall–Kier alpha value is 1.61. The van der Waals surface area contributed by atoms with Gasteiger partial charge < -0.3 is 0 Å². The molecule has 0 aromatic heterocycles. The van der Waals surface area contributed by atoms with Crippen molar-refractivity contribution in [1.29, 1.82) is 0 Å². The van der Waals surface area contributed by atoms with Crippen molar-refractivity contribution >= 4 is 50.6 Å². The van der Waals surface area contributed by atoms with E-state index in [4.69, 9.17) is 0 Å². The van der Waals surface area contributed by atoms with Gasteiger partial charge in [-0.05, 0) is 32.7 Å². The van der Waals surface area contributed by atoms with E-state index >= 15 is 0 Å². The summed E-state index contributed by atoms with van der Waals surface area (Å²) in [5.74, 6) is 0. The third-order valence-electron chi connectivity index (χ3n) is 0. The van der Waals surface area contributed by atoms with Gasteiger partial charge in [-0.3, -0.25) is 0 Å². The van der Waals surface area contributed by atoms with Gasteiger partial charge >= 0.3 is 18.0 Å². The summed E-state index contributed by atoms with van der Waals surface area (Å²) in [5, 5.41) is 0. The van der Waals surface area contributed by atoms with Gasteiger partial charge in [-0.15, -0.1) is 0 Å². The fraction of sp³-hybridized carbons (Fsp3) is 1.00. The molecule has 0 amide bonds. The first kappa shape index (κ1) is 24.0. The standard InChI is InChI=1S/3C3H9S.AsH3/c3*1-4(2)3;/h3*1-3H3;1H3/q3*+1;. The zero-order valence-corrected chi connectivity index (χ0v) is 16.3. The molecule has 0 aromatic rings. The summed E-state index contributed by atoms with van der Waals surface area (Å²) in [6.45, 7) is 0.